The van der Waals surface area contributed by atoms with Crippen molar-refractivity contribution in [2.45, 2.75) is 6.54 Å². The average Bonchev–Trinajstić information content (AvgIpc) is 2.67. The summed E-state index contributed by atoms with van der Waals surface area (Å²) in [6, 6.07) is 24.4. The first-order chi connectivity index (χ1) is 12.2. The first kappa shape index (κ1) is 16.5. The maximum Gasteiger partial charge on any atom is 0.269 e. The van der Waals surface area contributed by atoms with E-state index in [0.717, 1.165) is 22.7 Å². The van der Waals surface area contributed by atoms with Gasteiger partial charge in [-0.15, -0.1) is 0 Å². The predicted molar refractivity (Wildman–Crippen MR) is 98.4 cm³/mol. The van der Waals surface area contributed by atoms with Crippen molar-refractivity contribution >= 4 is 17.1 Å². The van der Waals surface area contributed by atoms with E-state index in [1.54, 1.807) is 19.2 Å². The molecule has 0 bridgehead atoms. The van der Waals surface area contributed by atoms with Gasteiger partial charge in [0.05, 0.1) is 12.0 Å². The van der Waals surface area contributed by atoms with Crippen molar-refractivity contribution in [3.05, 3.63) is 94.5 Å². The molecule has 0 saturated carbocycles. The van der Waals surface area contributed by atoms with Crippen molar-refractivity contribution in [3.8, 4) is 5.75 Å². The van der Waals surface area contributed by atoms with Crippen LogP contribution in [0.5, 0.6) is 5.75 Å². The van der Waals surface area contributed by atoms with Crippen LogP contribution in [0.25, 0.3) is 0 Å². The number of para-hydroxylation sites is 1. The molecule has 0 unspecified atom stereocenters. The SMILES string of the molecule is COc1cccc(N(Cc2cccc([N+](=O)[O-])c2)c2ccccc2)c1. The largest absolute Gasteiger partial charge is 0.497 e. The molecule has 0 saturated heterocycles. The number of non-ortho nitro benzene ring substituents is 1. The average molecular weight is 334 g/mol. The normalized spacial score (nSPS) is 10.3. The van der Waals surface area contributed by atoms with Crippen molar-refractivity contribution in [1.82, 2.24) is 0 Å². The number of benzene rings is 3. The summed E-state index contributed by atoms with van der Waals surface area (Å²) in [5, 5.41) is 11.0. The lowest BCUT2D eigenvalue weighted by atomic mass is 10.1. The first-order valence-electron chi connectivity index (χ1n) is 7.87. The number of nitro benzene ring substituents is 1. The van der Waals surface area contributed by atoms with Crippen molar-refractivity contribution in [1.29, 1.82) is 0 Å². The van der Waals surface area contributed by atoms with Crippen LogP contribution >= 0.6 is 0 Å². The van der Waals surface area contributed by atoms with E-state index in [-0.39, 0.29) is 10.6 Å². The van der Waals surface area contributed by atoms with Crippen LogP contribution in [0.2, 0.25) is 0 Å². The van der Waals surface area contributed by atoms with Crippen LogP contribution in [0.4, 0.5) is 17.1 Å². The fourth-order valence-electron chi connectivity index (χ4n) is 2.67. The molecule has 0 fully saturated rings. The van der Waals surface area contributed by atoms with E-state index in [1.165, 1.54) is 6.07 Å². The number of ether oxygens (including phenoxy) is 1. The summed E-state index contributed by atoms with van der Waals surface area (Å²) >= 11 is 0. The Bertz CT molecular complexity index is 866. The highest BCUT2D eigenvalue weighted by atomic mass is 16.6. The van der Waals surface area contributed by atoms with E-state index in [9.17, 15) is 10.1 Å². The lowest BCUT2D eigenvalue weighted by Gasteiger charge is -2.25. The molecule has 0 aliphatic rings. The second-order valence-electron chi connectivity index (χ2n) is 5.55. The second-order valence-corrected chi connectivity index (χ2v) is 5.55. The predicted octanol–water partition coefficient (Wildman–Crippen LogP) is 4.94. The molecule has 126 valence electrons. The quantitative estimate of drug-likeness (QED) is 0.473. The van der Waals surface area contributed by atoms with Gasteiger partial charge in [-0.05, 0) is 29.8 Å². The summed E-state index contributed by atoms with van der Waals surface area (Å²) in [5.41, 5.74) is 2.91. The fraction of sp³-hybridized carbons (Fsp3) is 0.100. The molecule has 3 aromatic carbocycles. The van der Waals surface area contributed by atoms with Gasteiger partial charge in [-0.2, -0.15) is 0 Å². The summed E-state index contributed by atoms with van der Waals surface area (Å²) in [6.45, 7) is 0.513. The highest BCUT2D eigenvalue weighted by Gasteiger charge is 2.13. The number of nitro groups is 1. The summed E-state index contributed by atoms with van der Waals surface area (Å²) in [4.78, 5) is 12.8. The molecule has 0 heterocycles. The minimum atomic E-state index is -0.373. The van der Waals surface area contributed by atoms with E-state index < -0.39 is 0 Å². The molecule has 3 rings (SSSR count). The summed E-state index contributed by atoms with van der Waals surface area (Å²) in [5.74, 6) is 0.762. The number of nitrogens with zero attached hydrogens (tertiary/aromatic N) is 2. The molecular weight excluding hydrogens is 316 g/mol. The van der Waals surface area contributed by atoms with Gasteiger partial charge in [0.2, 0.25) is 0 Å². The molecule has 25 heavy (non-hydrogen) atoms. The van der Waals surface area contributed by atoms with Crippen LogP contribution in [0, 0.1) is 10.1 Å². The molecule has 0 aromatic heterocycles. The van der Waals surface area contributed by atoms with Crippen LogP contribution in [0.1, 0.15) is 5.56 Å². The second kappa shape index (κ2) is 7.49. The third-order valence-corrected chi connectivity index (χ3v) is 3.89. The van der Waals surface area contributed by atoms with Gasteiger partial charge in [0.15, 0.2) is 0 Å². The van der Waals surface area contributed by atoms with Gasteiger partial charge < -0.3 is 9.64 Å². The Balaban J connectivity index is 2.00. The van der Waals surface area contributed by atoms with Crippen LogP contribution in [-0.4, -0.2) is 12.0 Å². The monoisotopic (exact) mass is 334 g/mol. The van der Waals surface area contributed by atoms with Gasteiger partial charge in [0.1, 0.15) is 5.75 Å². The van der Waals surface area contributed by atoms with Gasteiger partial charge >= 0.3 is 0 Å². The van der Waals surface area contributed by atoms with Crippen molar-refractivity contribution in [2.24, 2.45) is 0 Å². The Hall–Kier alpha value is -3.34. The van der Waals surface area contributed by atoms with Gasteiger partial charge in [-0.3, -0.25) is 10.1 Å². The molecule has 5 heteroatoms. The number of hydrogen-bond acceptors (Lipinski definition) is 4. The van der Waals surface area contributed by atoms with Gasteiger partial charge in [0.25, 0.3) is 5.69 Å². The molecule has 0 radical (unpaired) electrons. The molecule has 0 N–H and O–H groups in total. The van der Waals surface area contributed by atoms with Crippen molar-refractivity contribution < 1.29 is 9.66 Å². The lowest BCUT2D eigenvalue weighted by molar-refractivity contribution is -0.384. The number of anilines is 2. The maximum absolute atomic E-state index is 11.0. The Kier molecular flexibility index (Phi) is 4.95. The Morgan fingerprint density at radius 2 is 1.64 bits per heavy atom. The third kappa shape index (κ3) is 3.95. The van der Waals surface area contributed by atoms with Crippen LogP contribution in [0.15, 0.2) is 78.9 Å². The first-order valence-corrected chi connectivity index (χ1v) is 7.87. The van der Waals surface area contributed by atoms with E-state index in [1.807, 2.05) is 60.7 Å². The number of rotatable bonds is 6. The lowest BCUT2D eigenvalue weighted by Crippen LogP contribution is -2.16. The summed E-state index contributed by atoms with van der Waals surface area (Å²) < 4.78 is 5.33. The minimum absolute atomic E-state index is 0.0937. The minimum Gasteiger partial charge on any atom is -0.497 e. The molecular formula is C20H18N2O3. The summed E-state index contributed by atoms with van der Waals surface area (Å²) in [6.07, 6.45) is 0. The fourth-order valence-corrected chi connectivity index (χ4v) is 2.67. The van der Waals surface area contributed by atoms with E-state index >= 15 is 0 Å². The Morgan fingerprint density at radius 1 is 0.920 bits per heavy atom. The molecule has 0 amide bonds. The van der Waals surface area contributed by atoms with Gasteiger partial charge in [-0.25, -0.2) is 0 Å². The molecule has 5 nitrogen and oxygen atoms in total. The van der Waals surface area contributed by atoms with Crippen LogP contribution in [-0.2, 0) is 6.54 Å². The zero-order chi connectivity index (χ0) is 17.6. The van der Waals surface area contributed by atoms with E-state index in [4.69, 9.17) is 4.74 Å². The van der Waals surface area contributed by atoms with Crippen molar-refractivity contribution in [2.75, 3.05) is 12.0 Å². The molecule has 3 aromatic rings. The highest BCUT2D eigenvalue weighted by Crippen LogP contribution is 2.30. The molecule has 0 aliphatic carbocycles. The molecule has 0 spiro atoms. The van der Waals surface area contributed by atoms with Gasteiger partial charge in [0, 0.05) is 36.1 Å². The number of hydrogen-bond donors (Lipinski definition) is 0. The molecule has 0 atom stereocenters. The standard InChI is InChI=1S/C20H18N2O3/c1-25-20-12-6-10-18(14-20)21(17-8-3-2-4-9-17)15-16-7-5-11-19(13-16)22(23)24/h2-14H,15H2,1H3. The Morgan fingerprint density at radius 3 is 2.36 bits per heavy atom. The molecule has 0 aliphatic heterocycles. The maximum atomic E-state index is 11.0. The smallest absolute Gasteiger partial charge is 0.269 e. The zero-order valence-electron chi connectivity index (χ0n) is 13.8. The number of methoxy groups -OCH3 is 1. The Labute approximate surface area is 146 Å². The third-order valence-electron chi connectivity index (χ3n) is 3.89. The van der Waals surface area contributed by atoms with E-state index in [2.05, 4.69) is 4.90 Å². The zero-order valence-corrected chi connectivity index (χ0v) is 13.8. The topological polar surface area (TPSA) is 55.6 Å². The summed E-state index contributed by atoms with van der Waals surface area (Å²) in [7, 11) is 1.63. The van der Waals surface area contributed by atoms with E-state index in [0.29, 0.717) is 6.54 Å². The van der Waals surface area contributed by atoms with Gasteiger partial charge in [-0.1, -0.05) is 36.4 Å². The van der Waals surface area contributed by atoms with Crippen LogP contribution < -0.4 is 9.64 Å². The highest BCUT2D eigenvalue weighted by molar-refractivity contribution is 5.65. The van der Waals surface area contributed by atoms with Crippen LogP contribution in [0.3, 0.4) is 0 Å². The van der Waals surface area contributed by atoms with Crippen molar-refractivity contribution in [3.63, 3.8) is 0 Å².